The first-order chi connectivity index (χ1) is 19.5. The molecule has 0 aromatic rings. The van der Waals surface area contributed by atoms with Crippen molar-refractivity contribution >= 4 is 17.6 Å². The first kappa shape index (κ1) is 42.3. The molecule has 0 rings (SSSR count). The van der Waals surface area contributed by atoms with Gasteiger partial charge in [-0.2, -0.15) is 0 Å². The molecule has 0 fully saturated rings. The number of hydrogen-bond donors (Lipinski definition) is 0. The molecule has 6 nitrogen and oxygen atoms in total. The molecule has 0 N–H and O–H groups in total. The summed E-state index contributed by atoms with van der Waals surface area (Å²) in [4.78, 5) is 0. The van der Waals surface area contributed by atoms with Gasteiger partial charge in [0, 0.05) is 54.7 Å². The van der Waals surface area contributed by atoms with E-state index < -0.39 is 17.6 Å². The molecule has 0 spiro atoms. The van der Waals surface area contributed by atoms with Crippen LogP contribution in [0.2, 0.25) is 12.1 Å². The standard InChI is InChI=1S/C19H42O3Si.C13H30O3Si/c1-5-6-7-8-9-10-11-12-13-14-15-16-17-18-19-23(20-2,21-3)22-4;1-5-6-7-8-9-10-11-12-13-17(14-2,15-3)16-4/h5-19H2,1-4H3;5-13H2,1-4H3. The van der Waals surface area contributed by atoms with Gasteiger partial charge in [0.05, 0.1) is 0 Å². The highest BCUT2D eigenvalue weighted by Gasteiger charge is 2.37. The van der Waals surface area contributed by atoms with Gasteiger partial charge in [-0.1, -0.05) is 142 Å². The largest absolute Gasteiger partial charge is 0.500 e. The summed E-state index contributed by atoms with van der Waals surface area (Å²) < 4.78 is 32.5. The van der Waals surface area contributed by atoms with Crippen molar-refractivity contribution in [1.29, 1.82) is 0 Å². The van der Waals surface area contributed by atoms with Crippen LogP contribution in [0, 0.1) is 0 Å². The van der Waals surface area contributed by atoms with E-state index in [0.29, 0.717) is 0 Å². The normalized spacial score (nSPS) is 12.0. The van der Waals surface area contributed by atoms with E-state index in [0.717, 1.165) is 24.9 Å². The lowest BCUT2D eigenvalue weighted by atomic mass is 10.0. The van der Waals surface area contributed by atoms with Gasteiger partial charge in [-0.05, 0) is 12.8 Å². The molecule has 0 radical (unpaired) electrons. The van der Waals surface area contributed by atoms with Crippen molar-refractivity contribution in [3.05, 3.63) is 0 Å². The maximum atomic E-state index is 5.44. The molecule has 0 aromatic heterocycles. The van der Waals surface area contributed by atoms with Crippen LogP contribution in [0.15, 0.2) is 0 Å². The van der Waals surface area contributed by atoms with Crippen molar-refractivity contribution in [3.63, 3.8) is 0 Å². The predicted molar refractivity (Wildman–Crippen MR) is 176 cm³/mol. The van der Waals surface area contributed by atoms with Crippen LogP contribution in [0.3, 0.4) is 0 Å². The average Bonchev–Trinajstić information content (AvgIpc) is 2.99. The van der Waals surface area contributed by atoms with E-state index >= 15 is 0 Å². The summed E-state index contributed by atoms with van der Waals surface area (Å²) in [6.45, 7) is 4.54. The zero-order valence-electron chi connectivity index (χ0n) is 28.4. The fraction of sp³-hybridized carbons (Fsp3) is 1.00. The van der Waals surface area contributed by atoms with Gasteiger partial charge in [-0.3, -0.25) is 0 Å². The summed E-state index contributed by atoms with van der Waals surface area (Å²) in [6, 6.07) is 1.87. The third-order valence-electron chi connectivity index (χ3n) is 8.04. The number of hydrogen-bond acceptors (Lipinski definition) is 6. The molecule has 0 saturated carbocycles. The molecule has 0 bridgehead atoms. The minimum Gasteiger partial charge on any atom is -0.377 e. The lowest BCUT2D eigenvalue weighted by molar-refractivity contribution is 0.122. The zero-order chi connectivity index (χ0) is 30.2. The topological polar surface area (TPSA) is 55.4 Å². The van der Waals surface area contributed by atoms with Crippen LogP contribution in [0.1, 0.15) is 155 Å². The van der Waals surface area contributed by atoms with Gasteiger partial charge in [0.2, 0.25) is 0 Å². The average molecular weight is 609 g/mol. The van der Waals surface area contributed by atoms with Crippen LogP contribution in [0.25, 0.3) is 0 Å². The Balaban J connectivity index is 0. The molecule has 0 aliphatic rings. The monoisotopic (exact) mass is 608 g/mol. The molecule has 40 heavy (non-hydrogen) atoms. The van der Waals surface area contributed by atoms with E-state index in [1.165, 1.54) is 128 Å². The van der Waals surface area contributed by atoms with Crippen LogP contribution in [-0.2, 0) is 26.6 Å². The summed E-state index contributed by atoms with van der Waals surface area (Å²) in [7, 11) is 5.53. The highest BCUT2D eigenvalue weighted by atomic mass is 28.4. The molecule has 8 heteroatoms. The Labute approximate surface area is 253 Å². The predicted octanol–water partition coefficient (Wildman–Crippen LogP) is 10.4. The van der Waals surface area contributed by atoms with Gasteiger partial charge in [0.15, 0.2) is 0 Å². The fourth-order valence-corrected chi connectivity index (χ4v) is 8.71. The molecule has 0 aliphatic heterocycles. The summed E-state index contributed by atoms with van der Waals surface area (Å²) in [6.07, 6.45) is 29.9. The quantitative estimate of drug-likeness (QED) is 0.0597. The maximum Gasteiger partial charge on any atom is 0.500 e. The Morgan fingerprint density at radius 1 is 0.275 bits per heavy atom. The lowest BCUT2D eigenvalue weighted by Gasteiger charge is -2.24. The van der Waals surface area contributed by atoms with E-state index in [4.69, 9.17) is 26.6 Å². The molecule has 0 heterocycles. The van der Waals surface area contributed by atoms with Crippen molar-refractivity contribution in [2.24, 2.45) is 0 Å². The van der Waals surface area contributed by atoms with Gasteiger partial charge in [0.1, 0.15) is 0 Å². The van der Waals surface area contributed by atoms with Crippen LogP contribution >= 0.6 is 0 Å². The van der Waals surface area contributed by atoms with E-state index in [2.05, 4.69) is 13.8 Å². The zero-order valence-corrected chi connectivity index (χ0v) is 30.4. The molecular formula is C32H72O6Si2. The summed E-state index contributed by atoms with van der Waals surface area (Å²) in [5, 5.41) is 0. The number of unbranched alkanes of at least 4 members (excludes halogenated alkanes) is 20. The van der Waals surface area contributed by atoms with Crippen LogP contribution in [-0.4, -0.2) is 60.3 Å². The van der Waals surface area contributed by atoms with Crippen molar-refractivity contribution in [2.45, 2.75) is 167 Å². The molecule has 244 valence electrons. The highest BCUT2D eigenvalue weighted by Crippen LogP contribution is 2.20. The summed E-state index contributed by atoms with van der Waals surface area (Å²) >= 11 is 0. The first-order valence-corrected chi connectivity index (χ1v) is 20.7. The van der Waals surface area contributed by atoms with Crippen molar-refractivity contribution in [1.82, 2.24) is 0 Å². The van der Waals surface area contributed by atoms with Gasteiger partial charge >= 0.3 is 17.6 Å². The Bertz CT molecular complexity index is 460. The van der Waals surface area contributed by atoms with Crippen molar-refractivity contribution < 1.29 is 26.6 Å². The summed E-state index contributed by atoms with van der Waals surface area (Å²) in [5.74, 6) is 0. The van der Waals surface area contributed by atoms with Gasteiger partial charge in [-0.25, -0.2) is 0 Å². The Kier molecular flexibility index (Phi) is 34.0. The van der Waals surface area contributed by atoms with E-state index in [9.17, 15) is 0 Å². The van der Waals surface area contributed by atoms with Gasteiger partial charge in [-0.15, -0.1) is 0 Å². The van der Waals surface area contributed by atoms with E-state index in [1.807, 2.05) is 0 Å². The minimum atomic E-state index is -2.32. The second kappa shape index (κ2) is 32.1. The first-order valence-electron chi connectivity index (χ1n) is 16.8. The Morgan fingerprint density at radius 3 is 0.625 bits per heavy atom. The smallest absolute Gasteiger partial charge is 0.377 e. The maximum absolute atomic E-state index is 5.44. The molecule has 0 saturated heterocycles. The minimum absolute atomic E-state index is 0.936. The van der Waals surface area contributed by atoms with Crippen molar-refractivity contribution in [3.8, 4) is 0 Å². The molecular weight excluding hydrogens is 537 g/mol. The summed E-state index contributed by atoms with van der Waals surface area (Å²) in [5.41, 5.74) is 0. The van der Waals surface area contributed by atoms with E-state index in [1.54, 1.807) is 42.7 Å². The highest BCUT2D eigenvalue weighted by molar-refractivity contribution is 6.60. The lowest BCUT2D eigenvalue weighted by Crippen LogP contribution is -2.42. The Hall–Kier alpha value is 0.194. The SMILES string of the molecule is CCCCCCCCCCCCCCCC[Si](OC)(OC)OC.CCCCCCCCCC[Si](OC)(OC)OC. The third kappa shape index (κ3) is 24.8. The van der Waals surface area contributed by atoms with Gasteiger partial charge < -0.3 is 26.6 Å². The van der Waals surface area contributed by atoms with Crippen LogP contribution in [0.5, 0.6) is 0 Å². The third-order valence-corrected chi connectivity index (χ3v) is 13.7. The van der Waals surface area contributed by atoms with Crippen molar-refractivity contribution in [2.75, 3.05) is 42.7 Å². The van der Waals surface area contributed by atoms with E-state index in [-0.39, 0.29) is 0 Å². The second-order valence-corrected chi connectivity index (χ2v) is 17.3. The molecule has 0 atom stereocenters. The molecule has 0 amide bonds. The van der Waals surface area contributed by atoms with Crippen LogP contribution < -0.4 is 0 Å². The number of rotatable bonds is 30. The Morgan fingerprint density at radius 2 is 0.450 bits per heavy atom. The molecule has 0 aromatic carbocycles. The fourth-order valence-electron chi connectivity index (χ4n) is 5.12. The van der Waals surface area contributed by atoms with Gasteiger partial charge in [0.25, 0.3) is 0 Å². The molecule has 0 unspecified atom stereocenters. The second-order valence-electron chi connectivity index (χ2n) is 11.2. The molecule has 0 aliphatic carbocycles. The van der Waals surface area contributed by atoms with Crippen LogP contribution in [0.4, 0.5) is 0 Å².